The van der Waals surface area contributed by atoms with Crippen LogP contribution in [0.5, 0.6) is 0 Å². The van der Waals surface area contributed by atoms with Gasteiger partial charge in [0.05, 0.1) is 11.9 Å². The molecule has 4 heterocycles. The van der Waals surface area contributed by atoms with Crippen LogP contribution < -0.4 is 16.2 Å². The maximum Gasteiger partial charge on any atom is 0.255 e. The molecule has 0 unspecified atom stereocenters. The number of nitrogens with two attached hydrogens (primary N) is 1. The van der Waals surface area contributed by atoms with Gasteiger partial charge < -0.3 is 15.6 Å². The Labute approximate surface area is 209 Å². The summed E-state index contributed by atoms with van der Waals surface area (Å²) < 4.78 is 30.0. The topological polar surface area (TPSA) is 117 Å². The van der Waals surface area contributed by atoms with Crippen LogP contribution in [0.25, 0.3) is 33.2 Å². The van der Waals surface area contributed by atoms with E-state index in [0.717, 1.165) is 13.0 Å². The van der Waals surface area contributed by atoms with Gasteiger partial charge in [-0.05, 0) is 48.1 Å². The molecule has 0 spiro atoms. The smallest absolute Gasteiger partial charge is 0.255 e. The molecular weight excluding hydrogens is 476 g/mol. The van der Waals surface area contributed by atoms with Gasteiger partial charge in [0, 0.05) is 47.6 Å². The summed E-state index contributed by atoms with van der Waals surface area (Å²) in [5.74, 6) is 0.500. The predicted molar refractivity (Wildman–Crippen MR) is 136 cm³/mol. The number of piperidine rings is 1. The van der Waals surface area contributed by atoms with Crippen LogP contribution in [0.1, 0.15) is 12.0 Å². The van der Waals surface area contributed by atoms with Crippen molar-refractivity contribution in [2.24, 2.45) is 17.6 Å². The second-order valence-corrected chi connectivity index (χ2v) is 9.87. The summed E-state index contributed by atoms with van der Waals surface area (Å²) in [7, 11) is 0. The van der Waals surface area contributed by atoms with Gasteiger partial charge in [-0.25, -0.2) is 18.7 Å². The Morgan fingerprint density at radius 3 is 2.81 bits per heavy atom. The van der Waals surface area contributed by atoms with Crippen LogP contribution in [0.15, 0.2) is 59.7 Å². The molecular formula is C27H23F2N7O. The number of hydrogen-bond donors (Lipinski definition) is 3. The van der Waals surface area contributed by atoms with Crippen molar-refractivity contribution < 1.29 is 8.78 Å². The van der Waals surface area contributed by atoms with Crippen LogP contribution in [0.2, 0.25) is 0 Å². The summed E-state index contributed by atoms with van der Waals surface area (Å²) in [5, 5.41) is 7.66. The van der Waals surface area contributed by atoms with E-state index in [4.69, 9.17) is 10.7 Å². The lowest BCUT2D eigenvalue weighted by Crippen LogP contribution is -2.32. The Morgan fingerprint density at radius 2 is 1.97 bits per heavy atom. The number of pyridine rings is 1. The highest BCUT2D eigenvalue weighted by molar-refractivity contribution is 5.93. The second-order valence-electron chi connectivity index (χ2n) is 9.87. The molecule has 4 N–H and O–H groups in total. The molecule has 0 bridgehead atoms. The lowest BCUT2D eigenvalue weighted by Gasteiger charge is -2.26. The molecule has 7 rings (SSSR count). The number of anilines is 1. The maximum atomic E-state index is 15.3. The van der Waals surface area contributed by atoms with Gasteiger partial charge in [0.2, 0.25) is 5.65 Å². The molecule has 1 aliphatic carbocycles. The summed E-state index contributed by atoms with van der Waals surface area (Å²) >= 11 is 0. The van der Waals surface area contributed by atoms with E-state index >= 15 is 4.39 Å². The standard InChI is InChI=1S/C27H23F2N7O/c28-20-4-2-1-3-18(20)27(13-30)17-8-10-36(12-19(17)27)21-11-32-24-23(34-35-25(24)33-21)16-6-5-15-14(22(16)29)7-9-31-26(15)37/h1-7,9,11,17,19H,8,10,12-13,30H2,(H,31,37)(H,33,34,35)/t17-,19+,27-/m1/s1. The number of rotatable bonds is 4. The minimum Gasteiger partial charge on any atom is -0.355 e. The normalized spacial score (nSPS) is 22.9. The first-order chi connectivity index (χ1) is 18.0. The SMILES string of the molecule is NC[C@]1(c2ccccc2F)[C@@H]2CCN(c3cnc4c(-c5ccc6c(=O)[nH]ccc6c5F)[nH]nc4n3)C[C@@H]21. The van der Waals surface area contributed by atoms with E-state index in [1.54, 1.807) is 24.4 Å². The third-order valence-corrected chi connectivity index (χ3v) is 8.27. The van der Waals surface area contributed by atoms with Gasteiger partial charge in [-0.2, -0.15) is 5.10 Å². The summed E-state index contributed by atoms with van der Waals surface area (Å²) in [5.41, 5.74) is 7.69. The molecule has 3 atom stereocenters. The number of nitrogens with zero attached hydrogens (tertiary/aromatic N) is 4. The van der Waals surface area contributed by atoms with Crippen molar-refractivity contribution in [2.75, 3.05) is 24.5 Å². The molecule has 3 aromatic heterocycles. The summed E-state index contributed by atoms with van der Waals surface area (Å²) in [6, 6.07) is 11.6. The zero-order valence-corrected chi connectivity index (χ0v) is 19.7. The van der Waals surface area contributed by atoms with Crippen LogP contribution in [0.3, 0.4) is 0 Å². The van der Waals surface area contributed by atoms with Crippen LogP contribution >= 0.6 is 0 Å². The number of halogens is 2. The minimum atomic E-state index is -0.526. The fraction of sp³-hybridized carbons (Fsp3) is 0.259. The number of fused-ring (bicyclic) bond motifs is 3. The molecule has 5 aromatic rings. The molecule has 2 fully saturated rings. The molecule has 8 nitrogen and oxygen atoms in total. The molecule has 2 aromatic carbocycles. The third-order valence-electron chi connectivity index (χ3n) is 8.27. The first-order valence-electron chi connectivity index (χ1n) is 12.2. The van der Waals surface area contributed by atoms with Crippen molar-refractivity contribution in [3.63, 3.8) is 0 Å². The highest BCUT2D eigenvalue weighted by atomic mass is 19.1. The lowest BCUT2D eigenvalue weighted by molar-refractivity contribution is 0.533. The van der Waals surface area contributed by atoms with E-state index in [1.807, 2.05) is 12.1 Å². The fourth-order valence-electron chi connectivity index (χ4n) is 6.39. The van der Waals surface area contributed by atoms with Crippen molar-refractivity contribution in [1.82, 2.24) is 25.1 Å². The van der Waals surface area contributed by atoms with Gasteiger partial charge in [0.1, 0.15) is 23.0 Å². The molecule has 1 saturated carbocycles. The molecule has 0 radical (unpaired) electrons. The zero-order chi connectivity index (χ0) is 25.3. The highest BCUT2D eigenvalue weighted by Gasteiger charge is 2.66. The Bertz CT molecular complexity index is 1750. The summed E-state index contributed by atoms with van der Waals surface area (Å²) in [4.78, 5) is 26.0. The van der Waals surface area contributed by atoms with E-state index in [0.29, 0.717) is 47.2 Å². The molecule has 0 amide bonds. The van der Waals surface area contributed by atoms with Gasteiger partial charge >= 0.3 is 0 Å². The molecule has 37 heavy (non-hydrogen) atoms. The Hall–Kier alpha value is -4.18. The molecule has 186 valence electrons. The largest absolute Gasteiger partial charge is 0.355 e. The molecule has 2 aliphatic rings. The van der Waals surface area contributed by atoms with E-state index < -0.39 is 5.82 Å². The van der Waals surface area contributed by atoms with Gasteiger partial charge in [0.15, 0.2) is 0 Å². The molecule has 1 saturated heterocycles. The quantitative estimate of drug-likeness (QED) is 0.349. The highest BCUT2D eigenvalue weighted by Crippen LogP contribution is 2.63. The Kier molecular flexibility index (Phi) is 4.71. The average Bonchev–Trinajstić information content (AvgIpc) is 3.38. The first kappa shape index (κ1) is 22.1. The van der Waals surface area contributed by atoms with Gasteiger partial charge in [-0.3, -0.25) is 9.89 Å². The number of hydrogen-bond acceptors (Lipinski definition) is 6. The number of aromatic nitrogens is 5. The third kappa shape index (κ3) is 3.08. The van der Waals surface area contributed by atoms with Gasteiger partial charge in [-0.1, -0.05) is 18.2 Å². The van der Waals surface area contributed by atoms with Gasteiger partial charge in [0.25, 0.3) is 5.56 Å². The lowest BCUT2D eigenvalue weighted by atomic mass is 9.91. The minimum absolute atomic E-state index is 0.204. The van der Waals surface area contributed by atoms with E-state index in [9.17, 15) is 9.18 Å². The van der Waals surface area contributed by atoms with Crippen LogP contribution in [0, 0.1) is 23.5 Å². The summed E-state index contributed by atoms with van der Waals surface area (Å²) in [6.45, 7) is 1.85. The Morgan fingerprint density at radius 1 is 1.11 bits per heavy atom. The second kappa shape index (κ2) is 7.91. The van der Waals surface area contributed by atoms with Crippen molar-refractivity contribution in [3.05, 3.63) is 82.4 Å². The van der Waals surface area contributed by atoms with Gasteiger partial charge in [-0.15, -0.1) is 0 Å². The van der Waals surface area contributed by atoms with Crippen molar-refractivity contribution in [3.8, 4) is 11.3 Å². The van der Waals surface area contributed by atoms with Crippen LogP contribution in [-0.2, 0) is 5.41 Å². The van der Waals surface area contributed by atoms with E-state index in [2.05, 4.69) is 25.1 Å². The van der Waals surface area contributed by atoms with Crippen molar-refractivity contribution >= 4 is 27.8 Å². The molecule has 1 aliphatic heterocycles. The predicted octanol–water partition coefficient (Wildman–Crippen LogP) is 3.49. The zero-order valence-electron chi connectivity index (χ0n) is 19.7. The Balaban J connectivity index is 1.21. The fourth-order valence-corrected chi connectivity index (χ4v) is 6.39. The first-order valence-corrected chi connectivity index (χ1v) is 12.2. The number of nitrogens with one attached hydrogen (secondary N) is 2. The number of benzene rings is 2. The number of H-pyrrole nitrogens is 2. The van der Waals surface area contributed by atoms with Crippen LogP contribution in [-0.4, -0.2) is 44.8 Å². The molecule has 10 heteroatoms. The number of aromatic amines is 2. The van der Waals surface area contributed by atoms with Crippen molar-refractivity contribution in [2.45, 2.75) is 11.8 Å². The van der Waals surface area contributed by atoms with E-state index in [1.165, 1.54) is 18.3 Å². The monoisotopic (exact) mass is 499 g/mol. The summed E-state index contributed by atoms with van der Waals surface area (Å²) in [6.07, 6.45) is 3.97. The van der Waals surface area contributed by atoms with Crippen molar-refractivity contribution in [1.29, 1.82) is 0 Å². The van der Waals surface area contributed by atoms with E-state index in [-0.39, 0.29) is 39.0 Å². The average molecular weight is 500 g/mol. The van der Waals surface area contributed by atoms with Crippen LogP contribution in [0.4, 0.5) is 14.6 Å². The maximum absolute atomic E-state index is 15.3.